The first-order valence-electron chi connectivity index (χ1n) is 10.0. The van der Waals surface area contributed by atoms with Crippen molar-refractivity contribution in [3.8, 4) is 0 Å². The number of hydrogen-bond donors (Lipinski definition) is 2. The van der Waals surface area contributed by atoms with Gasteiger partial charge in [-0.15, -0.1) is 0 Å². The quantitative estimate of drug-likeness (QED) is 0.717. The predicted molar refractivity (Wildman–Crippen MR) is 114 cm³/mol. The normalized spacial score (nSPS) is 15.4. The zero-order valence-corrected chi connectivity index (χ0v) is 17.8. The highest BCUT2D eigenvalue weighted by Crippen LogP contribution is 2.30. The Bertz CT molecular complexity index is 914. The van der Waals surface area contributed by atoms with Crippen molar-refractivity contribution >= 4 is 23.5 Å². The molecule has 2 N–H and O–H groups in total. The van der Waals surface area contributed by atoms with Crippen molar-refractivity contribution in [1.29, 1.82) is 0 Å². The van der Waals surface area contributed by atoms with Crippen LogP contribution in [0.1, 0.15) is 37.7 Å². The highest BCUT2D eigenvalue weighted by molar-refractivity contribution is 5.92. The van der Waals surface area contributed by atoms with E-state index in [0.717, 1.165) is 42.8 Å². The second-order valence-electron chi connectivity index (χ2n) is 7.95. The van der Waals surface area contributed by atoms with Crippen molar-refractivity contribution in [1.82, 2.24) is 15.3 Å². The molecule has 0 bridgehead atoms. The fraction of sp³-hybridized carbons (Fsp3) is 0.476. The summed E-state index contributed by atoms with van der Waals surface area (Å²) in [5, 5.41) is 6.38. The van der Waals surface area contributed by atoms with Gasteiger partial charge in [0.05, 0.1) is 0 Å². The van der Waals surface area contributed by atoms with Gasteiger partial charge in [-0.2, -0.15) is 4.98 Å². The third-order valence-electron chi connectivity index (χ3n) is 5.37. The fourth-order valence-corrected chi connectivity index (χ4v) is 3.70. The number of aryl methyl sites for hydroxylation is 1. The number of halogens is 2. The zero-order valence-electron chi connectivity index (χ0n) is 17.8. The molecule has 1 saturated carbocycles. The van der Waals surface area contributed by atoms with Crippen LogP contribution in [0.25, 0.3) is 0 Å². The van der Waals surface area contributed by atoms with Gasteiger partial charge in [-0.05, 0) is 44.7 Å². The van der Waals surface area contributed by atoms with E-state index in [0.29, 0.717) is 18.8 Å². The molecule has 3 rings (SSSR count). The number of hydrogen-bond acceptors (Lipinski definition) is 5. The number of urea groups is 1. The molecule has 30 heavy (non-hydrogen) atoms. The standard InChI is InChI=1S/C21H28F2N6O/c1-14-13-24-19(25-18(14)28(2)3)26-21(10-6-5-7-11-21)27-20(30)29(4)15-8-9-16(22)17(23)12-15/h8-9,12-13H,5-7,10-11H2,1-4H3,(H,27,30)(H,24,25,26). The highest BCUT2D eigenvalue weighted by Gasteiger charge is 2.35. The van der Waals surface area contributed by atoms with Crippen LogP contribution in [0.5, 0.6) is 0 Å². The Labute approximate surface area is 175 Å². The van der Waals surface area contributed by atoms with Crippen molar-refractivity contribution in [2.24, 2.45) is 0 Å². The molecule has 1 aliphatic rings. The van der Waals surface area contributed by atoms with Crippen LogP contribution in [0.15, 0.2) is 24.4 Å². The lowest BCUT2D eigenvalue weighted by Crippen LogP contribution is -2.58. The Morgan fingerprint density at radius 2 is 1.80 bits per heavy atom. The number of rotatable bonds is 5. The molecule has 0 aliphatic heterocycles. The van der Waals surface area contributed by atoms with Gasteiger partial charge in [-0.3, -0.25) is 4.90 Å². The maximum absolute atomic E-state index is 13.6. The van der Waals surface area contributed by atoms with Gasteiger partial charge >= 0.3 is 6.03 Å². The largest absolute Gasteiger partial charge is 0.362 e. The molecule has 1 aromatic heterocycles. The molecule has 2 aromatic rings. The summed E-state index contributed by atoms with van der Waals surface area (Å²) < 4.78 is 26.8. The van der Waals surface area contributed by atoms with Crippen LogP contribution in [-0.2, 0) is 0 Å². The smallest absolute Gasteiger partial charge is 0.323 e. The van der Waals surface area contributed by atoms with Gasteiger partial charge in [-0.25, -0.2) is 18.6 Å². The molecule has 0 spiro atoms. The Kier molecular flexibility index (Phi) is 6.38. The minimum Gasteiger partial charge on any atom is -0.362 e. The number of aromatic nitrogens is 2. The fourth-order valence-electron chi connectivity index (χ4n) is 3.70. The molecule has 0 radical (unpaired) electrons. The van der Waals surface area contributed by atoms with E-state index in [-0.39, 0.29) is 5.69 Å². The Morgan fingerprint density at radius 3 is 2.43 bits per heavy atom. The maximum atomic E-state index is 13.6. The molecule has 2 amide bonds. The van der Waals surface area contributed by atoms with Gasteiger partial charge in [0.15, 0.2) is 11.6 Å². The molecule has 0 atom stereocenters. The van der Waals surface area contributed by atoms with E-state index in [1.165, 1.54) is 18.0 Å². The Morgan fingerprint density at radius 1 is 1.10 bits per heavy atom. The van der Waals surface area contributed by atoms with Gasteiger partial charge in [0.2, 0.25) is 5.95 Å². The lowest BCUT2D eigenvalue weighted by atomic mass is 9.89. The summed E-state index contributed by atoms with van der Waals surface area (Å²) in [5.74, 6) is -0.723. The lowest BCUT2D eigenvalue weighted by molar-refractivity contribution is 0.220. The van der Waals surface area contributed by atoms with Crippen molar-refractivity contribution in [2.75, 3.05) is 36.3 Å². The maximum Gasteiger partial charge on any atom is 0.323 e. The van der Waals surface area contributed by atoms with Crippen molar-refractivity contribution in [3.05, 3.63) is 41.6 Å². The molecular formula is C21H28F2N6O. The highest BCUT2D eigenvalue weighted by atomic mass is 19.2. The minimum absolute atomic E-state index is 0.263. The summed E-state index contributed by atoms with van der Waals surface area (Å²) in [6, 6.07) is 2.95. The van der Waals surface area contributed by atoms with E-state index in [1.54, 1.807) is 6.20 Å². The Hall–Kier alpha value is -2.97. The number of carbonyl (C=O) groups is 1. The van der Waals surface area contributed by atoms with Crippen LogP contribution in [0.3, 0.4) is 0 Å². The molecule has 162 valence electrons. The zero-order chi connectivity index (χ0) is 21.9. The van der Waals surface area contributed by atoms with Crippen molar-refractivity contribution in [2.45, 2.75) is 44.7 Å². The summed E-state index contributed by atoms with van der Waals surface area (Å²) in [6.45, 7) is 1.94. The molecule has 7 nitrogen and oxygen atoms in total. The number of nitrogens with zero attached hydrogens (tertiary/aromatic N) is 4. The first-order chi connectivity index (χ1) is 14.2. The van der Waals surface area contributed by atoms with Crippen LogP contribution < -0.4 is 20.4 Å². The summed E-state index contributed by atoms with van der Waals surface area (Å²) >= 11 is 0. The van der Waals surface area contributed by atoms with Crippen molar-refractivity contribution in [3.63, 3.8) is 0 Å². The third kappa shape index (κ3) is 4.77. The molecule has 1 aliphatic carbocycles. The van der Waals surface area contributed by atoms with Gasteiger partial charge in [0.25, 0.3) is 0 Å². The van der Waals surface area contributed by atoms with Crippen LogP contribution in [-0.4, -0.2) is 42.8 Å². The molecule has 1 heterocycles. The number of benzene rings is 1. The first-order valence-corrected chi connectivity index (χ1v) is 10.0. The molecule has 0 unspecified atom stereocenters. The van der Waals surface area contributed by atoms with Crippen LogP contribution in [0.4, 0.5) is 31.0 Å². The van der Waals surface area contributed by atoms with Gasteiger partial charge < -0.3 is 15.5 Å². The minimum atomic E-state index is -0.998. The van der Waals surface area contributed by atoms with Gasteiger partial charge in [0, 0.05) is 44.7 Å². The molecule has 0 saturated heterocycles. The van der Waals surface area contributed by atoms with Crippen molar-refractivity contribution < 1.29 is 13.6 Å². The van der Waals surface area contributed by atoms with Crippen LogP contribution in [0.2, 0.25) is 0 Å². The van der Waals surface area contributed by atoms with Gasteiger partial charge in [0.1, 0.15) is 11.5 Å². The van der Waals surface area contributed by atoms with E-state index in [9.17, 15) is 13.6 Å². The molecule has 9 heteroatoms. The van der Waals surface area contributed by atoms with E-state index in [2.05, 4.69) is 20.6 Å². The second kappa shape index (κ2) is 8.81. The van der Waals surface area contributed by atoms with E-state index in [1.807, 2.05) is 25.9 Å². The van der Waals surface area contributed by atoms with Crippen LogP contribution in [0, 0.1) is 18.6 Å². The summed E-state index contributed by atoms with van der Waals surface area (Å²) in [7, 11) is 5.34. The van der Waals surface area contributed by atoms with E-state index >= 15 is 0 Å². The summed E-state index contributed by atoms with van der Waals surface area (Å²) in [6.07, 6.45) is 6.12. The predicted octanol–water partition coefficient (Wildman–Crippen LogP) is 4.05. The lowest BCUT2D eigenvalue weighted by Gasteiger charge is -2.40. The third-order valence-corrected chi connectivity index (χ3v) is 5.37. The van der Waals surface area contributed by atoms with Crippen LogP contribution >= 0.6 is 0 Å². The first kappa shape index (κ1) is 21.7. The molecule has 1 aromatic carbocycles. The SMILES string of the molecule is Cc1cnc(NC2(NC(=O)N(C)c3ccc(F)c(F)c3)CCCCC2)nc1N(C)C. The molecular weight excluding hydrogens is 390 g/mol. The van der Waals surface area contributed by atoms with E-state index < -0.39 is 23.3 Å². The van der Waals surface area contributed by atoms with Gasteiger partial charge in [-0.1, -0.05) is 6.42 Å². The monoisotopic (exact) mass is 418 g/mol. The average molecular weight is 418 g/mol. The van der Waals surface area contributed by atoms with E-state index in [4.69, 9.17) is 0 Å². The summed E-state index contributed by atoms with van der Waals surface area (Å²) in [4.78, 5) is 25.1. The second-order valence-corrected chi connectivity index (χ2v) is 7.95. The number of carbonyl (C=O) groups excluding carboxylic acids is 1. The molecule has 1 fully saturated rings. The topological polar surface area (TPSA) is 73.4 Å². The number of anilines is 3. The number of amides is 2. The number of nitrogens with one attached hydrogen (secondary N) is 2. The Balaban J connectivity index is 1.82. The summed E-state index contributed by atoms with van der Waals surface area (Å²) in [5.41, 5.74) is 0.491. The average Bonchev–Trinajstić information content (AvgIpc) is 2.71.